The normalized spacial score (nSPS) is 15.2. The molecule has 0 saturated carbocycles. The number of rotatable bonds is 2. The minimum atomic E-state index is -0.569. The number of hydrogen-bond acceptors (Lipinski definition) is 3. The first-order chi connectivity index (χ1) is 3.85. The van der Waals surface area contributed by atoms with Crippen molar-refractivity contribution in [2.24, 2.45) is 5.73 Å². The summed E-state index contributed by atoms with van der Waals surface area (Å²) in [5, 5.41) is 0. The molecule has 1 radical (unpaired) electrons. The van der Waals surface area contributed by atoms with Crippen LogP contribution in [0.4, 0.5) is 0 Å². The molecule has 0 aliphatic rings. The molecule has 0 spiro atoms. The molecule has 2 nitrogen and oxygen atoms in total. The molecule has 0 aromatic heterocycles. The third-order valence-electron chi connectivity index (χ3n) is 1.11. The molecule has 0 saturated heterocycles. The van der Waals surface area contributed by atoms with Crippen molar-refractivity contribution in [2.45, 2.75) is 24.6 Å². The van der Waals surface area contributed by atoms with Gasteiger partial charge in [0.25, 0.3) is 0 Å². The molecule has 0 fully saturated rings. The Balaban J connectivity index is 4.04. The molecule has 1 atom stereocenters. The summed E-state index contributed by atoms with van der Waals surface area (Å²) in [6.45, 7) is 6.76. The van der Waals surface area contributed by atoms with Crippen LogP contribution < -0.4 is 5.73 Å². The van der Waals surface area contributed by atoms with Gasteiger partial charge in [0.2, 0.25) is 0 Å². The zero-order valence-electron chi connectivity index (χ0n) is 5.72. The average Bonchev–Trinajstić information content (AvgIpc) is 1.62. The fourth-order valence-electron chi connectivity index (χ4n) is 0.394. The van der Waals surface area contributed by atoms with Crippen LogP contribution in [0.1, 0.15) is 13.8 Å². The number of thiol groups is 1. The molecule has 0 unspecified atom stereocenters. The lowest BCUT2D eigenvalue weighted by molar-refractivity contribution is -0.116. The van der Waals surface area contributed by atoms with Gasteiger partial charge in [0.15, 0.2) is 5.78 Å². The predicted octanol–water partition coefficient (Wildman–Crippen LogP) is 0.425. The molecule has 0 aromatic rings. The van der Waals surface area contributed by atoms with Gasteiger partial charge in [0, 0.05) is 11.7 Å². The molecular formula is C6H12NOS. The van der Waals surface area contributed by atoms with Crippen molar-refractivity contribution in [1.82, 2.24) is 0 Å². The molecule has 0 amide bonds. The van der Waals surface area contributed by atoms with E-state index in [4.69, 9.17) is 5.73 Å². The van der Waals surface area contributed by atoms with Crippen molar-refractivity contribution in [2.75, 3.05) is 0 Å². The van der Waals surface area contributed by atoms with Gasteiger partial charge in [0.1, 0.15) is 0 Å². The lowest BCUT2D eigenvalue weighted by Gasteiger charge is -2.22. The molecule has 0 aliphatic heterocycles. The molecule has 0 bridgehead atoms. The molecule has 53 valence electrons. The SMILES string of the molecule is [CH2]C(=O)[C@H](N)C(C)(C)S. The Morgan fingerprint density at radius 3 is 2.11 bits per heavy atom. The van der Waals surface area contributed by atoms with E-state index >= 15 is 0 Å². The summed E-state index contributed by atoms with van der Waals surface area (Å²) < 4.78 is -0.459. The number of nitrogens with two attached hydrogens (primary N) is 1. The lowest BCUT2D eigenvalue weighted by atomic mass is 10.0. The maximum absolute atomic E-state index is 10.5. The van der Waals surface area contributed by atoms with Crippen LogP contribution in [0.25, 0.3) is 0 Å². The number of carbonyl (C=O) groups is 1. The molecule has 2 N–H and O–H groups in total. The van der Waals surface area contributed by atoms with Crippen LogP contribution in [-0.2, 0) is 4.79 Å². The molecular weight excluding hydrogens is 134 g/mol. The molecule has 0 aromatic carbocycles. The van der Waals surface area contributed by atoms with Crippen LogP contribution in [0.2, 0.25) is 0 Å². The molecule has 0 heterocycles. The van der Waals surface area contributed by atoms with Gasteiger partial charge in [-0.15, -0.1) is 0 Å². The van der Waals surface area contributed by atoms with Crippen molar-refractivity contribution >= 4 is 18.4 Å². The molecule has 0 rings (SSSR count). The predicted molar refractivity (Wildman–Crippen MR) is 41.4 cm³/mol. The van der Waals surface area contributed by atoms with Crippen LogP contribution >= 0.6 is 12.6 Å². The first-order valence-corrected chi connectivity index (χ1v) is 3.14. The standard InChI is InChI=1S/C6H12NOS/c1-4(8)5(7)6(2,3)9/h5,9H,1,7H2,2-3H3/t5-/m0/s1. The maximum atomic E-state index is 10.5. The van der Waals surface area contributed by atoms with Gasteiger partial charge < -0.3 is 5.73 Å². The van der Waals surface area contributed by atoms with E-state index in [1.807, 2.05) is 0 Å². The third-order valence-corrected chi connectivity index (χ3v) is 1.39. The van der Waals surface area contributed by atoms with Gasteiger partial charge >= 0.3 is 0 Å². The highest BCUT2D eigenvalue weighted by molar-refractivity contribution is 7.81. The number of Topliss-reactive ketones (excluding diaryl/α,β-unsaturated/α-hetero) is 1. The van der Waals surface area contributed by atoms with E-state index in [1.165, 1.54) is 0 Å². The van der Waals surface area contributed by atoms with Crippen molar-refractivity contribution < 1.29 is 4.79 Å². The highest BCUT2D eigenvalue weighted by Crippen LogP contribution is 2.15. The summed E-state index contributed by atoms with van der Waals surface area (Å²) in [7, 11) is 0. The van der Waals surface area contributed by atoms with E-state index in [1.54, 1.807) is 13.8 Å². The smallest absolute Gasteiger partial charge is 0.151 e. The fourth-order valence-corrected chi connectivity index (χ4v) is 0.538. The second-order valence-corrected chi connectivity index (χ2v) is 3.75. The molecule has 9 heavy (non-hydrogen) atoms. The Morgan fingerprint density at radius 2 is 2.11 bits per heavy atom. The van der Waals surface area contributed by atoms with Crippen molar-refractivity contribution in [3.05, 3.63) is 6.92 Å². The minimum absolute atomic E-state index is 0.269. The monoisotopic (exact) mass is 146 g/mol. The first-order valence-electron chi connectivity index (χ1n) is 2.69. The molecule has 0 aliphatic carbocycles. The minimum Gasteiger partial charge on any atom is -0.320 e. The van der Waals surface area contributed by atoms with Crippen molar-refractivity contribution in [1.29, 1.82) is 0 Å². The second-order valence-electron chi connectivity index (χ2n) is 2.60. The number of hydrogen-bond donors (Lipinski definition) is 2. The van der Waals surface area contributed by atoms with Crippen LogP contribution in [0, 0.1) is 6.92 Å². The van der Waals surface area contributed by atoms with Gasteiger partial charge in [-0.1, -0.05) is 0 Å². The van der Waals surface area contributed by atoms with Crippen LogP contribution in [0.5, 0.6) is 0 Å². The van der Waals surface area contributed by atoms with Gasteiger partial charge in [-0.05, 0) is 13.8 Å². The Labute approximate surface area is 61.2 Å². The summed E-state index contributed by atoms with van der Waals surface area (Å²) in [5.41, 5.74) is 5.41. The van der Waals surface area contributed by atoms with Gasteiger partial charge in [-0.3, -0.25) is 4.79 Å². The zero-order chi connectivity index (χ0) is 7.65. The fraction of sp³-hybridized carbons (Fsp3) is 0.667. The Hall–Kier alpha value is -0.0200. The van der Waals surface area contributed by atoms with Crippen LogP contribution in [-0.4, -0.2) is 16.6 Å². The van der Waals surface area contributed by atoms with E-state index in [2.05, 4.69) is 19.6 Å². The van der Waals surface area contributed by atoms with Crippen molar-refractivity contribution in [3.8, 4) is 0 Å². The highest BCUT2D eigenvalue weighted by Gasteiger charge is 2.25. The van der Waals surface area contributed by atoms with Gasteiger partial charge in [-0.2, -0.15) is 12.6 Å². The second kappa shape index (κ2) is 2.71. The average molecular weight is 146 g/mol. The quantitative estimate of drug-likeness (QED) is 0.555. The summed E-state index contributed by atoms with van der Waals surface area (Å²) in [6.07, 6.45) is 0. The summed E-state index contributed by atoms with van der Waals surface area (Å²) in [5.74, 6) is -0.269. The number of ketones is 1. The highest BCUT2D eigenvalue weighted by atomic mass is 32.1. The van der Waals surface area contributed by atoms with E-state index < -0.39 is 10.8 Å². The van der Waals surface area contributed by atoms with E-state index in [0.29, 0.717) is 0 Å². The van der Waals surface area contributed by atoms with Gasteiger partial charge in [0.05, 0.1) is 6.04 Å². The summed E-state index contributed by atoms with van der Waals surface area (Å²) in [4.78, 5) is 10.5. The Morgan fingerprint density at radius 1 is 1.78 bits per heavy atom. The van der Waals surface area contributed by atoms with E-state index in [0.717, 1.165) is 0 Å². The van der Waals surface area contributed by atoms with E-state index in [9.17, 15) is 4.79 Å². The van der Waals surface area contributed by atoms with Crippen LogP contribution in [0.3, 0.4) is 0 Å². The maximum Gasteiger partial charge on any atom is 0.151 e. The topological polar surface area (TPSA) is 43.1 Å². The largest absolute Gasteiger partial charge is 0.320 e. The van der Waals surface area contributed by atoms with Gasteiger partial charge in [-0.25, -0.2) is 0 Å². The summed E-state index contributed by atoms with van der Waals surface area (Å²) >= 11 is 4.10. The van der Waals surface area contributed by atoms with Crippen LogP contribution in [0.15, 0.2) is 0 Å². The number of carbonyl (C=O) groups excluding carboxylic acids is 1. The zero-order valence-corrected chi connectivity index (χ0v) is 6.61. The van der Waals surface area contributed by atoms with E-state index in [-0.39, 0.29) is 5.78 Å². The first kappa shape index (κ1) is 8.98. The molecule has 3 heteroatoms. The van der Waals surface area contributed by atoms with Crippen molar-refractivity contribution in [3.63, 3.8) is 0 Å². The Kier molecular flexibility index (Phi) is 2.70. The Bertz CT molecular complexity index is 117. The third kappa shape index (κ3) is 2.87. The summed E-state index contributed by atoms with van der Waals surface area (Å²) in [6, 6.07) is -0.569. The lowest BCUT2D eigenvalue weighted by Crippen LogP contribution is -2.44.